The summed E-state index contributed by atoms with van der Waals surface area (Å²) in [7, 11) is 0. The second-order valence-electron chi connectivity index (χ2n) is 5.93. The van der Waals surface area contributed by atoms with Crippen LogP contribution in [-0.4, -0.2) is 49.6 Å². The lowest BCUT2D eigenvalue weighted by molar-refractivity contribution is -0.181. The second kappa shape index (κ2) is 5.67. The predicted octanol–water partition coefficient (Wildman–Crippen LogP) is 1.73. The van der Waals surface area contributed by atoms with Crippen molar-refractivity contribution in [2.45, 2.75) is 44.3 Å². The zero-order valence-corrected chi connectivity index (χ0v) is 11.5. The van der Waals surface area contributed by atoms with E-state index in [1.165, 1.54) is 25.7 Å². The highest BCUT2D eigenvalue weighted by Crippen LogP contribution is 2.31. The standard InChI is InChI=1S/C14H24N2O3/c17-13(15-11-12-3-1-2-4-12)16-7-5-14(6-8-16)18-9-10-19-14/h12H,1-11H2,(H,15,17). The maximum Gasteiger partial charge on any atom is 0.317 e. The largest absolute Gasteiger partial charge is 0.347 e. The average molecular weight is 268 g/mol. The van der Waals surface area contributed by atoms with Gasteiger partial charge in [0.05, 0.1) is 13.2 Å². The van der Waals surface area contributed by atoms with E-state index in [0.717, 1.165) is 32.5 Å². The fourth-order valence-corrected chi connectivity index (χ4v) is 3.39. The number of likely N-dealkylation sites (tertiary alicyclic amines) is 1. The zero-order chi connectivity index (χ0) is 13.1. The van der Waals surface area contributed by atoms with Crippen LogP contribution in [-0.2, 0) is 9.47 Å². The number of amides is 2. The minimum atomic E-state index is -0.387. The van der Waals surface area contributed by atoms with Crippen molar-refractivity contribution < 1.29 is 14.3 Å². The first-order valence-corrected chi connectivity index (χ1v) is 7.58. The summed E-state index contributed by atoms with van der Waals surface area (Å²) in [5, 5.41) is 3.08. The van der Waals surface area contributed by atoms with Gasteiger partial charge in [0, 0.05) is 32.5 Å². The molecule has 2 amide bonds. The molecule has 0 bridgehead atoms. The number of ether oxygens (including phenoxy) is 2. The van der Waals surface area contributed by atoms with Crippen LogP contribution in [0.15, 0.2) is 0 Å². The van der Waals surface area contributed by atoms with Crippen molar-refractivity contribution in [2.24, 2.45) is 5.92 Å². The molecule has 1 saturated carbocycles. The number of nitrogens with one attached hydrogen (secondary N) is 1. The quantitative estimate of drug-likeness (QED) is 0.829. The molecule has 108 valence electrons. The summed E-state index contributed by atoms with van der Waals surface area (Å²) in [4.78, 5) is 14.0. The molecule has 0 aromatic carbocycles. The van der Waals surface area contributed by atoms with Gasteiger partial charge in [-0.3, -0.25) is 0 Å². The molecule has 0 aromatic heterocycles. The first-order chi connectivity index (χ1) is 9.27. The summed E-state index contributed by atoms with van der Waals surface area (Å²) in [6, 6.07) is 0.0831. The van der Waals surface area contributed by atoms with Crippen molar-refractivity contribution in [2.75, 3.05) is 32.8 Å². The minimum absolute atomic E-state index is 0.0831. The molecule has 3 rings (SSSR count). The summed E-state index contributed by atoms with van der Waals surface area (Å²) in [5.41, 5.74) is 0. The van der Waals surface area contributed by atoms with E-state index in [1.54, 1.807) is 0 Å². The first-order valence-electron chi connectivity index (χ1n) is 7.58. The van der Waals surface area contributed by atoms with E-state index in [0.29, 0.717) is 19.1 Å². The van der Waals surface area contributed by atoms with Gasteiger partial charge < -0.3 is 19.7 Å². The van der Waals surface area contributed by atoms with Crippen LogP contribution in [0, 0.1) is 5.92 Å². The Labute approximate surface area is 114 Å². The van der Waals surface area contributed by atoms with Crippen molar-refractivity contribution in [1.82, 2.24) is 10.2 Å². The van der Waals surface area contributed by atoms with E-state index in [9.17, 15) is 4.79 Å². The van der Waals surface area contributed by atoms with E-state index in [2.05, 4.69) is 5.32 Å². The molecular formula is C14H24N2O3. The van der Waals surface area contributed by atoms with E-state index in [-0.39, 0.29) is 11.8 Å². The van der Waals surface area contributed by atoms with Gasteiger partial charge in [-0.25, -0.2) is 4.79 Å². The Morgan fingerprint density at radius 2 is 1.79 bits per heavy atom. The Balaban J connectivity index is 1.41. The number of rotatable bonds is 2. The molecular weight excluding hydrogens is 244 g/mol. The number of carbonyl (C=O) groups excluding carboxylic acids is 1. The monoisotopic (exact) mass is 268 g/mol. The lowest BCUT2D eigenvalue weighted by Gasteiger charge is -2.37. The third-order valence-corrected chi connectivity index (χ3v) is 4.64. The fourth-order valence-electron chi connectivity index (χ4n) is 3.39. The van der Waals surface area contributed by atoms with Crippen LogP contribution >= 0.6 is 0 Å². The van der Waals surface area contributed by atoms with Crippen LogP contribution in [0.1, 0.15) is 38.5 Å². The van der Waals surface area contributed by atoms with Gasteiger partial charge in [0.2, 0.25) is 0 Å². The van der Waals surface area contributed by atoms with Gasteiger partial charge in [-0.2, -0.15) is 0 Å². The van der Waals surface area contributed by atoms with Crippen LogP contribution in [0.5, 0.6) is 0 Å². The van der Waals surface area contributed by atoms with Crippen LogP contribution in [0.4, 0.5) is 4.79 Å². The Kier molecular flexibility index (Phi) is 3.93. The molecule has 2 heterocycles. The molecule has 5 nitrogen and oxygen atoms in total. The maximum absolute atomic E-state index is 12.1. The molecule has 0 radical (unpaired) electrons. The van der Waals surface area contributed by atoms with Gasteiger partial charge in [-0.05, 0) is 18.8 Å². The molecule has 2 saturated heterocycles. The lowest BCUT2D eigenvalue weighted by Crippen LogP contribution is -2.50. The summed E-state index contributed by atoms with van der Waals surface area (Å²) >= 11 is 0. The fraction of sp³-hybridized carbons (Fsp3) is 0.929. The number of urea groups is 1. The average Bonchev–Trinajstić information content (AvgIpc) is 3.09. The second-order valence-corrected chi connectivity index (χ2v) is 5.93. The van der Waals surface area contributed by atoms with Crippen LogP contribution < -0.4 is 5.32 Å². The number of hydrogen-bond donors (Lipinski definition) is 1. The van der Waals surface area contributed by atoms with Crippen molar-refractivity contribution in [1.29, 1.82) is 0 Å². The maximum atomic E-state index is 12.1. The molecule has 5 heteroatoms. The van der Waals surface area contributed by atoms with Crippen LogP contribution in [0.25, 0.3) is 0 Å². The van der Waals surface area contributed by atoms with Gasteiger partial charge in [-0.1, -0.05) is 12.8 Å². The number of nitrogens with zero attached hydrogens (tertiary/aromatic N) is 1. The Bertz CT molecular complexity index is 313. The summed E-state index contributed by atoms with van der Waals surface area (Å²) in [6.07, 6.45) is 6.77. The van der Waals surface area contributed by atoms with Crippen molar-refractivity contribution >= 4 is 6.03 Å². The summed E-state index contributed by atoms with van der Waals surface area (Å²) < 4.78 is 11.3. The third-order valence-electron chi connectivity index (χ3n) is 4.64. The zero-order valence-electron chi connectivity index (χ0n) is 11.5. The van der Waals surface area contributed by atoms with E-state index < -0.39 is 0 Å². The number of piperidine rings is 1. The summed E-state index contributed by atoms with van der Waals surface area (Å²) in [6.45, 7) is 3.68. The van der Waals surface area contributed by atoms with Crippen LogP contribution in [0.2, 0.25) is 0 Å². The van der Waals surface area contributed by atoms with Crippen molar-refractivity contribution in [3.05, 3.63) is 0 Å². The highest BCUT2D eigenvalue weighted by molar-refractivity contribution is 5.74. The lowest BCUT2D eigenvalue weighted by atomic mass is 10.0. The normalized spacial score (nSPS) is 27.1. The molecule has 2 aliphatic heterocycles. The van der Waals surface area contributed by atoms with Gasteiger partial charge in [0.1, 0.15) is 0 Å². The van der Waals surface area contributed by atoms with Crippen LogP contribution in [0.3, 0.4) is 0 Å². The molecule has 0 unspecified atom stereocenters. The highest BCUT2D eigenvalue weighted by atomic mass is 16.7. The van der Waals surface area contributed by atoms with Gasteiger partial charge in [0.25, 0.3) is 0 Å². The number of hydrogen-bond acceptors (Lipinski definition) is 3. The van der Waals surface area contributed by atoms with Gasteiger partial charge >= 0.3 is 6.03 Å². The molecule has 0 aromatic rings. The Hall–Kier alpha value is -0.810. The molecule has 19 heavy (non-hydrogen) atoms. The molecule has 1 spiro atoms. The topological polar surface area (TPSA) is 50.8 Å². The van der Waals surface area contributed by atoms with E-state index in [1.807, 2.05) is 4.90 Å². The van der Waals surface area contributed by atoms with E-state index >= 15 is 0 Å². The molecule has 1 aliphatic carbocycles. The minimum Gasteiger partial charge on any atom is -0.347 e. The van der Waals surface area contributed by atoms with Crippen molar-refractivity contribution in [3.8, 4) is 0 Å². The van der Waals surface area contributed by atoms with E-state index in [4.69, 9.17) is 9.47 Å². The molecule has 3 fully saturated rings. The predicted molar refractivity (Wildman–Crippen MR) is 70.8 cm³/mol. The Morgan fingerprint density at radius 3 is 2.42 bits per heavy atom. The van der Waals surface area contributed by atoms with Gasteiger partial charge in [0.15, 0.2) is 5.79 Å². The molecule has 3 aliphatic rings. The first kappa shape index (κ1) is 13.2. The molecule has 1 N–H and O–H groups in total. The van der Waals surface area contributed by atoms with Crippen molar-refractivity contribution in [3.63, 3.8) is 0 Å². The smallest absolute Gasteiger partial charge is 0.317 e. The SMILES string of the molecule is O=C(NCC1CCCC1)N1CCC2(CC1)OCCO2. The molecule has 0 atom stereocenters. The highest BCUT2D eigenvalue weighted by Gasteiger charge is 2.40. The summed E-state index contributed by atoms with van der Waals surface area (Å²) in [5.74, 6) is 0.309. The Morgan fingerprint density at radius 1 is 1.16 bits per heavy atom. The van der Waals surface area contributed by atoms with Gasteiger partial charge in [-0.15, -0.1) is 0 Å². The number of carbonyl (C=O) groups is 1. The third kappa shape index (κ3) is 3.03.